The molecule has 0 aromatic heterocycles. The molecule has 1 aromatic rings. The number of nitrogens with zero attached hydrogens (tertiary/aromatic N) is 1. The van der Waals surface area contributed by atoms with Crippen LogP contribution in [-0.4, -0.2) is 55.4 Å². The van der Waals surface area contributed by atoms with E-state index in [2.05, 4.69) is 35.5 Å². The fourth-order valence-corrected chi connectivity index (χ4v) is 3.41. The van der Waals surface area contributed by atoms with Crippen molar-refractivity contribution in [2.24, 2.45) is 0 Å². The molecule has 110 valence electrons. The Bertz CT molecular complexity index is 458. The van der Waals surface area contributed by atoms with Gasteiger partial charge < -0.3 is 20.1 Å². The van der Waals surface area contributed by atoms with E-state index in [-0.39, 0.29) is 0 Å². The van der Waals surface area contributed by atoms with Crippen molar-refractivity contribution in [1.29, 1.82) is 0 Å². The van der Waals surface area contributed by atoms with E-state index in [9.17, 15) is 5.11 Å². The number of nitrogens with one attached hydrogen (secondary N) is 1. The standard InChI is InChI=1S/C16H24N2O2/c1-18(12-16(19)7-8-17-11-16)10-13-6-9-20-15-5-3-2-4-14(13)15/h2-5,13,17,19H,6-12H2,1H3. The zero-order valence-corrected chi connectivity index (χ0v) is 12.1. The van der Waals surface area contributed by atoms with E-state index in [0.29, 0.717) is 12.5 Å². The number of benzene rings is 1. The molecular formula is C16H24N2O2. The second-order valence-electron chi connectivity index (χ2n) is 6.22. The van der Waals surface area contributed by atoms with Gasteiger partial charge in [-0.25, -0.2) is 0 Å². The Morgan fingerprint density at radius 1 is 1.45 bits per heavy atom. The number of fused-ring (bicyclic) bond motifs is 1. The molecule has 20 heavy (non-hydrogen) atoms. The first-order valence-electron chi connectivity index (χ1n) is 7.50. The number of rotatable bonds is 4. The number of hydrogen-bond acceptors (Lipinski definition) is 4. The van der Waals surface area contributed by atoms with Gasteiger partial charge in [-0.3, -0.25) is 0 Å². The Balaban J connectivity index is 1.63. The van der Waals surface area contributed by atoms with Gasteiger partial charge in [0.15, 0.2) is 0 Å². The minimum atomic E-state index is -0.556. The van der Waals surface area contributed by atoms with E-state index in [0.717, 1.165) is 44.8 Å². The van der Waals surface area contributed by atoms with Crippen molar-refractivity contribution in [3.05, 3.63) is 29.8 Å². The first-order chi connectivity index (χ1) is 9.66. The molecular weight excluding hydrogens is 252 g/mol. The molecule has 2 N–H and O–H groups in total. The number of para-hydroxylation sites is 1. The average Bonchev–Trinajstić information content (AvgIpc) is 2.85. The molecule has 2 atom stereocenters. The van der Waals surface area contributed by atoms with Crippen LogP contribution in [0, 0.1) is 0 Å². The van der Waals surface area contributed by atoms with Gasteiger partial charge in [0, 0.05) is 25.6 Å². The van der Waals surface area contributed by atoms with E-state index in [1.807, 2.05) is 6.07 Å². The minimum absolute atomic E-state index is 0.503. The SMILES string of the molecule is CN(CC1CCOc2ccccc21)CC1(O)CCNC1. The van der Waals surface area contributed by atoms with Crippen molar-refractivity contribution < 1.29 is 9.84 Å². The smallest absolute Gasteiger partial charge is 0.122 e. The molecule has 2 aliphatic heterocycles. The molecule has 0 radical (unpaired) electrons. The Morgan fingerprint density at radius 2 is 2.30 bits per heavy atom. The summed E-state index contributed by atoms with van der Waals surface area (Å²) in [7, 11) is 2.11. The minimum Gasteiger partial charge on any atom is -0.493 e. The molecule has 0 amide bonds. The lowest BCUT2D eigenvalue weighted by Gasteiger charge is -2.33. The Hall–Kier alpha value is -1.10. The van der Waals surface area contributed by atoms with Crippen LogP contribution >= 0.6 is 0 Å². The molecule has 3 rings (SSSR count). The number of β-amino-alcohol motifs (C(OH)–C–C–N with tert-alkyl or cyclic N) is 1. The molecule has 2 heterocycles. The van der Waals surface area contributed by atoms with Gasteiger partial charge >= 0.3 is 0 Å². The van der Waals surface area contributed by atoms with Crippen molar-refractivity contribution in [2.45, 2.75) is 24.4 Å². The Labute approximate surface area is 120 Å². The van der Waals surface area contributed by atoms with Gasteiger partial charge in [0.2, 0.25) is 0 Å². The molecule has 1 fully saturated rings. The van der Waals surface area contributed by atoms with Gasteiger partial charge in [0.25, 0.3) is 0 Å². The van der Waals surface area contributed by atoms with E-state index >= 15 is 0 Å². The molecule has 0 saturated carbocycles. The third-order valence-corrected chi connectivity index (χ3v) is 4.40. The summed E-state index contributed by atoms with van der Waals surface area (Å²) in [4.78, 5) is 2.26. The normalized spacial score (nSPS) is 29.2. The maximum Gasteiger partial charge on any atom is 0.122 e. The average molecular weight is 276 g/mol. The molecule has 0 spiro atoms. The van der Waals surface area contributed by atoms with Crippen LogP contribution in [0.2, 0.25) is 0 Å². The summed E-state index contributed by atoms with van der Waals surface area (Å²) < 4.78 is 5.71. The number of ether oxygens (including phenoxy) is 1. The summed E-state index contributed by atoms with van der Waals surface area (Å²) in [6.07, 6.45) is 1.90. The molecule has 1 aromatic carbocycles. The topological polar surface area (TPSA) is 44.7 Å². The van der Waals surface area contributed by atoms with Crippen molar-refractivity contribution in [1.82, 2.24) is 10.2 Å². The van der Waals surface area contributed by atoms with E-state index in [4.69, 9.17) is 4.74 Å². The highest BCUT2D eigenvalue weighted by Crippen LogP contribution is 2.33. The maximum atomic E-state index is 10.5. The number of likely N-dealkylation sites (N-methyl/N-ethyl adjacent to an activating group) is 1. The van der Waals surface area contributed by atoms with Crippen LogP contribution in [0.1, 0.15) is 24.3 Å². The third kappa shape index (κ3) is 2.97. The highest BCUT2D eigenvalue weighted by molar-refractivity contribution is 5.37. The quantitative estimate of drug-likeness (QED) is 0.867. The summed E-state index contributed by atoms with van der Waals surface area (Å²) in [5.74, 6) is 1.53. The van der Waals surface area contributed by atoms with Gasteiger partial charge in [0.1, 0.15) is 5.75 Å². The van der Waals surface area contributed by atoms with Gasteiger partial charge in [-0.05, 0) is 38.1 Å². The zero-order valence-electron chi connectivity index (χ0n) is 12.1. The Morgan fingerprint density at radius 3 is 3.10 bits per heavy atom. The zero-order chi connectivity index (χ0) is 14.0. The molecule has 0 aliphatic carbocycles. The monoisotopic (exact) mass is 276 g/mol. The van der Waals surface area contributed by atoms with Crippen LogP contribution in [-0.2, 0) is 0 Å². The lowest BCUT2D eigenvalue weighted by Crippen LogP contribution is -2.44. The first kappa shape index (κ1) is 13.9. The number of aliphatic hydroxyl groups is 1. The highest BCUT2D eigenvalue weighted by atomic mass is 16.5. The summed E-state index contributed by atoms with van der Waals surface area (Å²) in [6.45, 7) is 4.13. The molecule has 1 saturated heterocycles. The molecule has 2 unspecified atom stereocenters. The van der Waals surface area contributed by atoms with E-state index in [1.54, 1.807) is 0 Å². The predicted octanol–water partition coefficient (Wildman–Crippen LogP) is 1.21. The molecule has 4 nitrogen and oxygen atoms in total. The summed E-state index contributed by atoms with van der Waals surface area (Å²) >= 11 is 0. The lowest BCUT2D eigenvalue weighted by atomic mass is 9.92. The van der Waals surface area contributed by atoms with Crippen LogP contribution in [0.3, 0.4) is 0 Å². The predicted molar refractivity (Wildman–Crippen MR) is 79.2 cm³/mol. The van der Waals surface area contributed by atoms with Crippen LogP contribution in [0.4, 0.5) is 0 Å². The lowest BCUT2D eigenvalue weighted by molar-refractivity contribution is 0.0259. The van der Waals surface area contributed by atoms with Crippen LogP contribution in [0.15, 0.2) is 24.3 Å². The van der Waals surface area contributed by atoms with Gasteiger partial charge in [-0.1, -0.05) is 18.2 Å². The van der Waals surface area contributed by atoms with Crippen molar-refractivity contribution in [2.75, 3.05) is 39.8 Å². The first-order valence-corrected chi connectivity index (χ1v) is 7.50. The largest absolute Gasteiger partial charge is 0.493 e. The highest BCUT2D eigenvalue weighted by Gasteiger charge is 2.33. The fraction of sp³-hybridized carbons (Fsp3) is 0.625. The van der Waals surface area contributed by atoms with Crippen LogP contribution < -0.4 is 10.1 Å². The van der Waals surface area contributed by atoms with Crippen LogP contribution in [0.5, 0.6) is 5.75 Å². The number of hydrogen-bond donors (Lipinski definition) is 2. The summed E-state index contributed by atoms with van der Waals surface area (Å²) in [6, 6.07) is 8.32. The Kier molecular flexibility index (Phi) is 3.96. The van der Waals surface area contributed by atoms with Crippen LogP contribution in [0.25, 0.3) is 0 Å². The van der Waals surface area contributed by atoms with Crippen molar-refractivity contribution in [3.8, 4) is 5.75 Å². The molecule has 0 bridgehead atoms. The van der Waals surface area contributed by atoms with E-state index in [1.165, 1.54) is 5.56 Å². The summed E-state index contributed by atoms with van der Waals surface area (Å²) in [5, 5.41) is 13.7. The van der Waals surface area contributed by atoms with Gasteiger partial charge in [-0.15, -0.1) is 0 Å². The van der Waals surface area contributed by atoms with E-state index < -0.39 is 5.60 Å². The van der Waals surface area contributed by atoms with Crippen molar-refractivity contribution in [3.63, 3.8) is 0 Å². The second-order valence-corrected chi connectivity index (χ2v) is 6.22. The molecule has 2 aliphatic rings. The molecule has 4 heteroatoms. The van der Waals surface area contributed by atoms with Gasteiger partial charge in [0.05, 0.1) is 12.2 Å². The second kappa shape index (κ2) is 5.72. The van der Waals surface area contributed by atoms with Crippen molar-refractivity contribution >= 4 is 0 Å². The fourth-order valence-electron chi connectivity index (χ4n) is 3.41. The van der Waals surface area contributed by atoms with Gasteiger partial charge in [-0.2, -0.15) is 0 Å². The third-order valence-electron chi connectivity index (χ3n) is 4.40. The maximum absolute atomic E-state index is 10.5. The summed E-state index contributed by atoms with van der Waals surface area (Å²) in [5.41, 5.74) is 0.751.